The molecule has 0 bridgehead atoms. The lowest BCUT2D eigenvalue weighted by atomic mass is 9.90. The molecular formula is C21H32O12. The molecule has 0 unspecified atom stereocenters. The number of esters is 1. The standard InChI is InChI=1S/C21H32O12/c1-6-19(23)25-14-21(17-32-28-9-4,18-33-29-10-5)13-24-12-20(11-22,15-30-26-7-2)16-31-27-8-3/h6-10,22H,1-5,11-18H2. The van der Waals surface area contributed by atoms with Gasteiger partial charge in [-0.1, -0.05) is 32.9 Å². The maximum Gasteiger partial charge on any atom is 0.330 e. The number of carbonyl (C=O) groups is 1. The molecule has 0 amide bonds. The molecule has 0 saturated carbocycles. The fourth-order valence-electron chi connectivity index (χ4n) is 2.11. The first-order valence-electron chi connectivity index (χ1n) is 9.51. The minimum absolute atomic E-state index is 0.119. The Labute approximate surface area is 192 Å². The Morgan fingerprint density at radius 2 is 1.03 bits per heavy atom. The quantitative estimate of drug-likeness (QED) is 0.0546. The third-order valence-corrected chi connectivity index (χ3v) is 3.84. The average molecular weight is 476 g/mol. The predicted molar refractivity (Wildman–Crippen MR) is 113 cm³/mol. The lowest BCUT2D eigenvalue weighted by Crippen LogP contribution is -2.45. The number of aliphatic hydroxyl groups excluding tert-OH is 1. The summed E-state index contributed by atoms with van der Waals surface area (Å²) >= 11 is 0. The molecule has 0 fully saturated rings. The molecule has 0 aliphatic rings. The lowest BCUT2D eigenvalue weighted by Gasteiger charge is -2.34. The van der Waals surface area contributed by atoms with E-state index in [-0.39, 0.29) is 46.2 Å². The van der Waals surface area contributed by atoms with Crippen LogP contribution in [0.1, 0.15) is 0 Å². The van der Waals surface area contributed by atoms with Crippen LogP contribution in [0, 0.1) is 10.8 Å². The second kappa shape index (κ2) is 18.7. The highest BCUT2D eigenvalue weighted by Crippen LogP contribution is 2.25. The van der Waals surface area contributed by atoms with Gasteiger partial charge in [-0.15, -0.1) is 0 Å². The van der Waals surface area contributed by atoms with Gasteiger partial charge in [-0.2, -0.15) is 19.6 Å². The van der Waals surface area contributed by atoms with Gasteiger partial charge < -0.3 is 34.1 Å². The normalized spacial score (nSPS) is 11.1. The Balaban J connectivity index is 5.46. The van der Waals surface area contributed by atoms with Gasteiger partial charge in [0.1, 0.15) is 58.1 Å². The summed E-state index contributed by atoms with van der Waals surface area (Å²) < 4.78 is 11.0. The molecule has 1 N–H and O–H groups in total. The number of aliphatic hydroxyl groups is 1. The predicted octanol–water partition coefficient (Wildman–Crippen LogP) is 2.06. The minimum atomic E-state index is -1.12. The van der Waals surface area contributed by atoms with E-state index in [1.54, 1.807) is 0 Å². The molecule has 12 heteroatoms. The summed E-state index contributed by atoms with van der Waals surface area (Å²) in [6, 6.07) is 0. The highest BCUT2D eigenvalue weighted by Gasteiger charge is 2.38. The van der Waals surface area contributed by atoms with E-state index in [0.717, 1.165) is 31.1 Å². The van der Waals surface area contributed by atoms with Gasteiger partial charge in [0.15, 0.2) is 0 Å². The highest BCUT2D eigenvalue weighted by atomic mass is 17.2. The van der Waals surface area contributed by atoms with Crippen LogP contribution in [0.25, 0.3) is 0 Å². The largest absolute Gasteiger partial charge is 0.462 e. The van der Waals surface area contributed by atoms with Crippen LogP contribution in [0.3, 0.4) is 0 Å². The summed E-state index contributed by atoms with van der Waals surface area (Å²) in [5, 5.41) is 9.96. The molecule has 12 nitrogen and oxygen atoms in total. The fourth-order valence-corrected chi connectivity index (χ4v) is 2.11. The average Bonchev–Trinajstić information content (AvgIpc) is 2.82. The molecule has 0 aliphatic heterocycles. The molecule has 0 saturated heterocycles. The second-order valence-electron chi connectivity index (χ2n) is 6.56. The van der Waals surface area contributed by atoms with Crippen molar-refractivity contribution in [2.45, 2.75) is 0 Å². The highest BCUT2D eigenvalue weighted by molar-refractivity contribution is 5.81. The maximum absolute atomic E-state index is 11.6. The third kappa shape index (κ3) is 13.3. The van der Waals surface area contributed by atoms with E-state index in [2.05, 4.69) is 42.7 Å². The number of ether oxygens (including phenoxy) is 2. The smallest absolute Gasteiger partial charge is 0.330 e. The first kappa shape index (κ1) is 30.1. The van der Waals surface area contributed by atoms with E-state index in [0.29, 0.717) is 0 Å². The number of rotatable bonds is 24. The topological polar surface area (TPSA) is 130 Å². The lowest BCUT2D eigenvalue weighted by molar-refractivity contribution is -0.321. The zero-order valence-electron chi connectivity index (χ0n) is 18.5. The maximum atomic E-state index is 11.6. The van der Waals surface area contributed by atoms with Gasteiger partial charge in [-0.3, -0.25) is 0 Å². The summed E-state index contributed by atoms with van der Waals surface area (Å²) in [5.74, 6) is -0.677. The van der Waals surface area contributed by atoms with Crippen molar-refractivity contribution >= 4 is 5.97 Å². The van der Waals surface area contributed by atoms with Gasteiger partial charge in [0.25, 0.3) is 0 Å². The number of hydrogen-bond donors (Lipinski definition) is 1. The van der Waals surface area contributed by atoms with Gasteiger partial charge in [0, 0.05) is 6.08 Å². The monoisotopic (exact) mass is 476 g/mol. The van der Waals surface area contributed by atoms with Crippen molar-refractivity contribution in [1.82, 2.24) is 0 Å². The third-order valence-electron chi connectivity index (χ3n) is 3.84. The van der Waals surface area contributed by atoms with Crippen molar-refractivity contribution in [3.8, 4) is 0 Å². The van der Waals surface area contributed by atoms with E-state index in [4.69, 9.17) is 38.8 Å². The van der Waals surface area contributed by atoms with Crippen LogP contribution in [-0.4, -0.2) is 63.9 Å². The van der Waals surface area contributed by atoms with Crippen LogP contribution < -0.4 is 0 Å². The number of hydrogen-bond acceptors (Lipinski definition) is 12. The SMILES string of the molecule is C=COOCC(CO)(COCC(COOC=C)(COOC=C)COC(=O)C=C)COOC=C. The first-order valence-corrected chi connectivity index (χ1v) is 9.51. The van der Waals surface area contributed by atoms with Crippen LogP contribution in [0.5, 0.6) is 0 Å². The van der Waals surface area contributed by atoms with E-state index in [9.17, 15) is 9.90 Å². The van der Waals surface area contributed by atoms with E-state index >= 15 is 0 Å². The second-order valence-corrected chi connectivity index (χ2v) is 6.56. The van der Waals surface area contributed by atoms with Gasteiger partial charge in [-0.25, -0.2) is 4.79 Å². The molecule has 0 heterocycles. The zero-order chi connectivity index (χ0) is 24.8. The van der Waals surface area contributed by atoms with E-state index in [1.807, 2.05) is 0 Å². The van der Waals surface area contributed by atoms with E-state index in [1.165, 1.54) is 0 Å². The molecular weight excluding hydrogens is 444 g/mol. The van der Waals surface area contributed by atoms with Crippen LogP contribution in [-0.2, 0) is 53.4 Å². The van der Waals surface area contributed by atoms with Crippen molar-refractivity contribution in [2.24, 2.45) is 10.8 Å². The van der Waals surface area contributed by atoms with Crippen molar-refractivity contribution in [3.05, 3.63) is 64.0 Å². The molecule has 188 valence electrons. The van der Waals surface area contributed by atoms with Gasteiger partial charge in [0.05, 0.1) is 30.7 Å². The van der Waals surface area contributed by atoms with Crippen molar-refractivity contribution in [3.63, 3.8) is 0 Å². The first-order chi connectivity index (χ1) is 16.0. The summed E-state index contributed by atoms with van der Waals surface area (Å²) in [4.78, 5) is 50.6. The molecule has 0 aromatic carbocycles. The zero-order valence-corrected chi connectivity index (χ0v) is 18.5. The summed E-state index contributed by atoms with van der Waals surface area (Å²) in [7, 11) is 0. The van der Waals surface area contributed by atoms with Crippen molar-refractivity contribution in [1.29, 1.82) is 0 Å². The molecule has 0 aliphatic carbocycles. The van der Waals surface area contributed by atoms with Crippen molar-refractivity contribution < 1.29 is 58.5 Å². The molecule has 0 atom stereocenters. The van der Waals surface area contributed by atoms with Crippen LogP contribution in [0.2, 0.25) is 0 Å². The van der Waals surface area contributed by atoms with E-state index < -0.39 is 23.4 Å². The van der Waals surface area contributed by atoms with Gasteiger partial charge in [0.2, 0.25) is 0 Å². The molecule has 0 aromatic rings. The number of carbonyl (C=O) groups excluding carboxylic acids is 1. The Bertz CT molecular complexity index is 564. The fraction of sp³-hybridized carbons (Fsp3) is 0.476. The molecule has 0 radical (unpaired) electrons. The van der Waals surface area contributed by atoms with Crippen LogP contribution >= 0.6 is 0 Å². The molecule has 0 spiro atoms. The Hall–Kier alpha value is -2.87. The molecule has 0 aromatic heterocycles. The summed E-state index contributed by atoms with van der Waals surface area (Å²) in [5.41, 5.74) is -2.24. The van der Waals surface area contributed by atoms with Gasteiger partial charge >= 0.3 is 5.97 Å². The molecule has 0 rings (SSSR count). The Morgan fingerprint density at radius 1 is 0.636 bits per heavy atom. The van der Waals surface area contributed by atoms with Crippen LogP contribution in [0.15, 0.2) is 64.0 Å². The van der Waals surface area contributed by atoms with Crippen LogP contribution in [0.4, 0.5) is 0 Å². The van der Waals surface area contributed by atoms with Gasteiger partial charge in [-0.05, 0) is 0 Å². The van der Waals surface area contributed by atoms with Crippen molar-refractivity contribution in [2.75, 3.05) is 52.9 Å². The minimum Gasteiger partial charge on any atom is -0.462 e. The summed E-state index contributed by atoms with van der Waals surface area (Å²) in [6.07, 6.45) is 5.26. The Kier molecular flexibility index (Phi) is 17.1. The summed E-state index contributed by atoms with van der Waals surface area (Å²) in [6.45, 7) is 15.3. The Morgan fingerprint density at radius 3 is 1.39 bits per heavy atom. The molecule has 33 heavy (non-hydrogen) atoms.